The number of hydrogen-bond acceptors (Lipinski definition) is 4. The number of carbonyl (C=O) groups excluding carboxylic acids is 1. The lowest BCUT2D eigenvalue weighted by Crippen LogP contribution is -2.40. The molecule has 142 valence electrons. The fourth-order valence-electron chi connectivity index (χ4n) is 4.65. The number of aryl methyl sites for hydroxylation is 2. The van der Waals surface area contributed by atoms with Crippen LogP contribution in [0.2, 0.25) is 0 Å². The summed E-state index contributed by atoms with van der Waals surface area (Å²) in [6, 6.07) is 1.68. The summed E-state index contributed by atoms with van der Waals surface area (Å²) in [6.07, 6.45) is 7.88. The molecule has 0 radical (unpaired) electrons. The third-order valence-corrected chi connectivity index (χ3v) is 7.28. The quantitative estimate of drug-likeness (QED) is 0.750. The van der Waals surface area contributed by atoms with Crippen LogP contribution in [0.3, 0.4) is 0 Å². The fraction of sp³-hybridized carbons (Fsp3) is 0.632. The first-order chi connectivity index (χ1) is 12.5. The summed E-state index contributed by atoms with van der Waals surface area (Å²) >= 11 is 0. The maximum Gasteiger partial charge on any atom is 0.332 e. The van der Waals surface area contributed by atoms with Gasteiger partial charge in [0, 0.05) is 5.69 Å². The molecule has 26 heavy (non-hydrogen) atoms. The standard InChI is InChI=1S/C19H27N3O3S/c23-19(22-26(24,25)12-13-7-9-20-10-8-13)21-18-16-5-1-3-14(16)11-15-4-2-6-17(15)18/h11,13,20H,1-10,12H2,(H2,21,22,23). The zero-order valence-electron chi connectivity index (χ0n) is 15.1. The van der Waals surface area contributed by atoms with Crippen LogP contribution >= 0.6 is 0 Å². The molecule has 7 heteroatoms. The van der Waals surface area contributed by atoms with Crippen LogP contribution < -0.4 is 15.4 Å². The van der Waals surface area contributed by atoms with Gasteiger partial charge in [-0.25, -0.2) is 17.9 Å². The number of anilines is 1. The Bertz CT molecular complexity index is 782. The summed E-state index contributed by atoms with van der Waals surface area (Å²) in [5.41, 5.74) is 5.92. The molecule has 0 aromatic heterocycles. The number of sulfonamides is 1. The van der Waals surface area contributed by atoms with Crippen molar-refractivity contribution in [3.05, 3.63) is 28.3 Å². The number of amides is 2. The molecule has 1 aromatic carbocycles. The van der Waals surface area contributed by atoms with Gasteiger partial charge in [-0.1, -0.05) is 6.07 Å². The van der Waals surface area contributed by atoms with Crippen molar-refractivity contribution >= 4 is 21.7 Å². The largest absolute Gasteiger partial charge is 0.332 e. The van der Waals surface area contributed by atoms with Gasteiger partial charge in [-0.05, 0) is 92.6 Å². The highest BCUT2D eigenvalue weighted by Crippen LogP contribution is 2.38. The predicted octanol–water partition coefficient (Wildman–Crippen LogP) is 2.11. The highest BCUT2D eigenvalue weighted by molar-refractivity contribution is 7.90. The number of hydrogen-bond donors (Lipinski definition) is 3. The fourth-order valence-corrected chi connectivity index (χ4v) is 6.02. The van der Waals surface area contributed by atoms with Gasteiger partial charge in [-0.2, -0.15) is 0 Å². The van der Waals surface area contributed by atoms with Crippen LogP contribution in [-0.2, 0) is 35.7 Å². The first kappa shape index (κ1) is 17.8. The second kappa shape index (κ2) is 7.19. The van der Waals surface area contributed by atoms with Gasteiger partial charge in [0.15, 0.2) is 0 Å². The summed E-state index contributed by atoms with van der Waals surface area (Å²) in [6.45, 7) is 1.68. The predicted molar refractivity (Wildman–Crippen MR) is 102 cm³/mol. The van der Waals surface area contributed by atoms with E-state index in [0.717, 1.165) is 70.1 Å². The van der Waals surface area contributed by atoms with Crippen molar-refractivity contribution in [3.8, 4) is 0 Å². The van der Waals surface area contributed by atoms with Crippen LogP contribution in [0.1, 0.15) is 47.9 Å². The molecular formula is C19H27N3O3S. The Morgan fingerprint density at radius 3 is 2.27 bits per heavy atom. The maximum atomic E-state index is 12.5. The van der Waals surface area contributed by atoms with Gasteiger partial charge < -0.3 is 10.6 Å². The van der Waals surface area contributed by atoms with E-state index in [4.69, 9.17) is 0 Å². The van der Waals surface area contributed by atoms with E-state index in [-0.39, 0.29) is 11.7 Å². The molecule has 1 fully saturated rings. The Hall–Kier alpha value is -1.60. The lowest BCUT2D eigenvalue weighted by molar-refractivity contribution is 0.256. The van der Waals surface area contributed by atoms with E-state index in [1.807, 2.05) is 0 Å². The zero-order chi connectivity index (χ0) is 18.1. The second-order valence-electron chi connectivity index (χ2n) is 7.77. The minimum atomic E-state index is -3.62. The molecule has 3 aliphatic rings. The van der Waals surface area contributed by atoms with Crippen molar-refractivity contribution in [2.24, 2.45) is 5.92 Å². The Labute approximate surface area is 155 Å². The van der Waals surface area contributed by atoms with Crippen molar-refractivity contribution in [3.63, 3.8) is 0 Å². The van der Waals surface area contributed by atoms with Crippen LogP contribution in [0, 0.1) is 5.92 Å². The van der Waals surface area contributed by atoms with E-state index in [2.05, 4.69) is 21.4 Å². The number of carbonyl (C=O) groups is 1. The normalized spacial score (nSPS) is 19.8. The number of rotatable bonds is 4. The third-order valence-electron chi connectivity index (χ3n) is 5.87. The molecule has 0 saturated carbocycles. The smallest absolute Gasteiger partial charge is 0.317 e. The van der Waals surface area contributed by atoms with Crippen molar-refractivity contribution < 1.29 is 13.2 Å². The van der Waals surface area contributed by atoms with Gasteiger partial charge in [-0.3, -0.25) is 0 Å². The van der Waals surface area contributed by atoms with E-state index < -0.39 is 16.1 Å². The first-order valence-electron chi connectivity index (χ1n) is 9.70. The number of piperidine rings is 1. The van der Waals surface area contributed by atoms with Crippen LogP contribution in [0.5, 0.6) is 0 Å². The van der Waals surface area contributed by atoms with E-state index in [9.17, 15) is 13.2 Å². The Balaban J connectivity index is 1.47. The summed E-state index contributed by atoms with van der Waals surface area (Å²) in [5, 5.41) is 6.12. The molecule has 2 amide bonds. The SMILES string of the molecule is O=C(Nc1c2c(cc3c1CCC3)CCC2)NS(=O)(=O)CC1CCNCC1. The van der Waals surface area contributed by atoms with Gasteiger partial charge in [-0.15, -0.1) is 0 Å². The molecular weight excluding hydrogens is 350 g/mol. The van der Waals surface area contributed by atoms with Crippen molar-refractivity contribution in [2.45, 2.75) is 51.4 Å². The molecule has 1 aliphatic heterocycles. The van der Waals surface area contributed by atoms with Crippen molar-refractivity contribution in [1.82, 2.24) is 10.0 Å². The minimum Gasteiger partial charge on any atom is -0.317 e. The number of nitrogens with one attached hydrogen (secondary N) is 3. The molecule has 2 aliphatic carbocycles. The van der Waals surface area contributed by atoms with Crippen LogP contribution in [0.25, 0.3) is 0 Å². The lowest BCUT2D eigenvalue weighted by atomic mass is 9.99. The summed E-state index contributed by atoms with van der Waals surface area (Å²) in [7, 11) is -3.62. The van der Waals surface area contributed by atoms with Crippen LogP contribution in [0.15, 0.2) is 6.07 Å². The second-order valence-corrected chi connectivity index (χ2v) is 9.53. The maximum absolute atomic E-state index is 12.5. The summed E-state index contributed by atoms with van der Waals surface area (Å²) in [4.78, 5) is 12.5. The van der Waals surface area contributed by atoms with Crippen LogP contribution in [0.4, 0.5) is 10.5 Å². The van der Waals surface area contributed by atoms with E-state index >= 15 is 0 Å². The molecule has 6 nitrogen and oxygen atoms in total. The Morgan fingerprint density at radius 1 is 1.04 bits per heavy atom. The van der Waals surface area contributed by atoms with E-state index in [0.29, 0.717) is 0 Å². The molecule has 0 spiro atoms. The molecule has 0 unspecified atom stereocenters. The lowest BCUT2D eigenvalue weighted by Gasteiger charge is -2.22. The van der Waals surface area contributed by atoms with Crippen LogP contribution in [-0.4, -0.2) is 33.3 Å². The number of benzene rings is 1. The molecule has 3 N–H and O–H groups in total. The van der Waals surface area contributed by atoms with Gasteiger partial charge in [0.05, 0.1) is 5.75 Å². The first-order valence-corrected chi connectivity index (χ1v) is 11.4. The van der Waals surface area contributed by atoms with Gasteiger partial charge in [0.25, 0.3) is 0 Å². The van der Waals surface area contributed by atoms with Crippen molar-refractivity contribution in [2.75, 3.05) is 24.2 Å². The monoisotopic (exact) mass is 377 g/mol. The third kappa shape index (κ3) is 3.74. The highest BCUT2D eigenvalue weighted by Gasteiger charge is 2.27. The number of urea groups is 1. The molecule has 1 saturated heterocycles. The van der Waals surface area contributed by atoms with E-state index in [1.165, 1.54) is 22.3 Å². The summed E-state index contributed by atoms with van der Waals surface area (Å²) < 4.78 is 27.0. The highest BCUT2D eigenvalue weighted by atomic mass is 32.2. The van der Waals surface area contributed by atoms with Gasteiger partial charge in [0.1, 0.15) is 0 Å². The summed E-state index contributed by atoms with van der Waals surface area (Å²) in [5.74, 6) is 0.138. The Kier molecular flexibility index (Phi) is 4.92. The molecule has 0 atom stereocenters. The van der Waals surface area contributed by atoms with Gasteiger partial charge >= 0.3 is 6.03 Å². The minimum absolute atomic E-state index is 0.0209. The molecule has 1 aromatic rings. The molecule has 4 rings (SSSR count). The van der Waals surface area contributed by atoms with Crippen molar-refractivity contribution in [1.29, 1.82) is 0 Å². The molecule has 0 bridgehead atoms. The molecule has 1 heterocycles. The van der Waals surface area contributed by atoms with Gasteiger partial charge in [0.2, 0.25) is 10.0 Å². The number of fused-ring (bicyclic) bond motifs is 2. The van der Waals surface area contributed by atoms with E-state index in [1.54, 1.807) is 0 Å². The Morgan fingerprint density at radius 2 is 1.65 bits per heavy atom. The topological polar surface area (TPSA) is 87.3 Å². The average molecular weight is 378 g/mol. The zero-order valence-corrected chi connectivity index (χ0v) is 15.9. The average Bonchev–Trinajstić information content (AvgIpc) is 3.23.